The summed E-state index contributed by atoms with van der Waals surface area (Å²) in [5.41, 5.74) is -0.980. The van der Waals surface area contributed by atoms with Crippen molar-refractivity contribution in [2.24, 2.45) is 0 Å². The summed E-state index contributed by atoms with van der Waals surface area (Å²) < 4.78 is 54.6. The SMILES string of the molecule is O=C(CS(=O)Cc1ccc(C(=O)O)o1)Nc1cccc(C(F)(F)F)c1. The third-order valence-electron chi connectivity index (χ3n) is 2.94. The highest BCUT2D eigenvalue weighted by molar-refractivity contribution is 7.84. The van der Waals surface area contributed by atoms with Gasteiger partial charge in [0.1, 0.15) is 11.5 Å². The van der Waals surface area contributed by atoms with E-state index >= 15 is 0 Å². The number of carboxylic acid groups (broad SMARTS) is 1. The van der Waals surface area contributed by atoms with Gasteiger partial charge in [0.05, 0.1) is 11.3 Å². The van der Waals surface area contributed by atoms with E-state index in [-0.39, 0.29) is 23.0 Å². The van der Waals surface area contributed by atoms with E-state index in [0.717, 1.165) is 18.2 Å². The molecule has 1 atom stereocenters. The van der Waals surface area contributed by atoms with Crippen molar-refractivity contribution in [3.63, 3.8) is 0 Å². The molecule has 1 heterocycles. The Morgan fingerprint density at radius 1 is 1.20 bits per heavy atom. The minimum Gasteiger partial charge on any atom is -0.475 e. The molecule has 0 saturated heterocycles. The van der Waals surface area contributed by atoms with Gasteiger partial charge in [-0.3, -0.25) is 9.00 Å². The second kappa shape index (κ2) is 7.51. The number of halogens is 3. The maximum absolute atomic E-state index is 12.6. The molecule has 1 aromatic heterocycles. The zero-order valence-corrected chi connectivity index (χ0v) is 13.3. The normalized spacial score (nSPS) is 12.6. The van der Waals surface area contributed by atoms with Crippen LogP contribution in [0.2, 0.25) is 0 Å². The first-order valence-electron chi connectivity index (χ1n) is 6.79. The Morgan fingerprint density at radius 2 is 1.92 bits per heavy atom. The average molecular weight is 375 g/mol. The quantitative estimate of drug-likeness (QED) is 0.809. The molecule has 0 fully saturated rings. The van der Waals surface area contributed by atoms with Crippen molar-refractivity contribution in [1.82, 2.24) is 0 Å². The number of carbonyl (C=O) groups excluding carboxylic acids is 1. The summed E-state index contributed by atoms with van der Waals surface area (Å²) in [6, 6.07) is 6.58. The summed E-state index contributed by atoms with van der Waals surface area (Å²) in [6.07, 6.45) is -4.54. The molecule has 0 spiro atoms. The molecule has 0 aliphatic carbocycles. The summed E-state index contributed by atoms with van der Waals surface area (Å²) >= 11 is 0. The molecule has 0 saturated carbocycles. The van der Waals surface area contributed by atoms with Crippen LogP contribution in [0.3, 0.4) is 0 Å². The number of hydrogen-bond acceptors (Lipinski definition) is 4. The second-order valence-corrected chi connectivity index (χ2v) is 6.38. The van der Waals surface area contributed by atoms with Gasteiger partial charge in [0.2, 0.25) is 11.7 Å². The second-order valence-electron chi connectivity index (χ2n) is 4.93. The Kier molecular flexibility index (Phi) is 5.62. The van der Waals surface area contributed by atoms with Crippen molar-refractivity contribution in [3.8, 4) is 0 Å². The van der Waals surface area contributed by atoms with Gasteiger partial charge in [-0.1, -0.05) is 6.07 Å². The first-order valence-corrected chi connectivity index (χ1v) is 8.28. The molecule has 0 bridgehead atoms. The maximum Gasteiger partial charge on any atom is 0.416 e. The summed E-state index contributed by atoms with van der Waals surface area (Å²) in [5, 5.41) is 10.9. The van der Waals surface area contributed by atoms with Crippen molar-refractivity contribution in [1.29, 1.82) is 0 Å². The van der Waals surface area contributed by atoms with Crippen LogP contribution in [-0.4, -0.2) is 26.9 Å². The van der Waals surface area contributed by atoms with Gasteiger partial charge >= 0.3 is 12.1 Å². The zero-order valence-electron chi connectivity index (χ0n) is 12.5. The third kappa shape index (κ3) is 5.45. The van der Waals surface area contributed by atoms with Gasteiger partial charge in [0.15, 0.2) is 0 Å². The molecule has 0 radical (unpaired) electrons. The standard InChI is InChI=1S/C15H12F3NO5S/c16-15(17,18)9-2-1-3-10(6-9)19-13(20)8-25(23)7-11-4-5-12(24-11)14(21)22/h1-6H,7-8H2,(H,19,20)(H,21,22). The fourth-order valence-electron chi connectivity index (χ4n) is 1.90. The number of furan rings is 1. The van der Waals surface area contributed by atoms with Crippen LogP contribution in [0.15, 0.2) is 40.8 Å². The molecule has 0 aliphatic heterocycles. The zero-order chi connectivity index (χ0) is 18.6. The maximum atomic E-state index is 12.6. The molecule has 1 amide bonds. The van der Waals surface area contributed by atoms with E-state index in [1.54, 1.807) is 0 Å². The molecule has 2 aromatic rings. The lowest BCUT2D eigenvalue weighted by atomic mass is 10.2. The fraction of sp³-hybridized carbons (Fsp3) is 0.200. The molecule has 0 aliphatic rings. The van der Waals surface area contributed by atoms with Crippen LogP contribution in [-0.2, 0) is 27.5 Å². The number of hydrogen-bond donors (Lipinski definition) is 2. The highest BCUT2D eigenvalue weighted by Gasteiger charge is 2.30. The Balaban J connectivity index is 1.93. The smallest absolute Gasteiger partial charge is 0.416 e. The third-order valence-corrected chi connectivity index (χ3v) is 4.13. The fourth-order valence-corrected chi connectivity index (χ4v) is 2.84. The minimum absolute atomic E-state index is 0.0667. The van der Waals surface area contributed by atoms with E-state index in [1.807, 2.05) is 0 Å². The molecular weight excluding hydrogens is 363 g/mol. The van der Waals surface area contributed by atoms with Crippen LogP contribution in [0.25, 0.3) is 0 Å². The summed E-state index contributed by atoms with van der Waals surface area (Å²) in [7, 11) is -1.72. The molecule has 25 heavy (non-hydrogen) atoms. The monoisotopic (exact) mass is 375 g/mol. The van der Waals surface area contributed by atoms with Crippen LogP contribution >= 0.6 is 0 Å². The van der Waals surface area contributed by atoms with E-state index in [4.69, 9.17) is 9.52 Å². The first-order chi connectivity index (χ1) is 11.6. The molecule has 2 N–H and O–H groups in total. The highest BCUT2D eigenvalue weighted by atomic mass is 32.2. The Hall–Kier alpha value is -2.62. The Bertz CT molecular complexity index is 815. The number of carbonyl (C=O) groups is 2. The van der Waals surface area contributed by atoms with E-state index in [2.05, 4.69) is 5.32 Å². The first kappa shape index (κ1) is 18.7. The number of alkyl halides is 3. The van der Waals surface area contributed by atoms with Crippen LogP contribution < -0.4 is 5.32 Å². The molecule has 2 rings (SSSR count). The summed E-state index contributed by atoms with van der Waals surface area (Å²) in [5.74, 6) is -2.87. The summed E-state index contributed by atoms with van der Waals surface area (Å²) in [6.45, 7) is 0. The van der Waals surface area contributed by atoms with Gasteiger partial charge in [-0.15, -0.1) is 0 Å². The van der Waals surface area contributed by atoms with E-state index in [9.17, 15) is 27.0 Å². The minimum atomic E-state index is -4.54. The Morgan fingerprint density at radius 3 is 2.52 bits per heavy atom. The highest BCUT2D eigenvalue weighted by Crippen LogP contribution is 2.30. The number of nitrogens with one attached hydrogen (secondary N) is 1. The molecule has 6 nitrogen and oxygen atoms in total. The molecule has 10 heteroatoms. The predicted octanol–water partition coefficient (Wildman–Crippen LogP) is 2.88. The van der Waals surface area contributed by atoms with Gasteiger partial charge < -0.3 is 14.8 Å². The van der Waals surface area contributed by atoms with Crippen molar-refractivity contribution in [2.45, 2.75) is 11.9 Å². The van der Waals surface area contributed by atoms with Gasteiger partial charge in [-0.2, -0.15) is 13.2 Å². The van der Waals surface area contributed by atoms with E-state index < -0.39 is 40.2 Å². The van der Waals surface area contributed by atoms with Gasteiger partial charge in [-0.05, 0) is 30.3 Å². The van der Waals surface area contributed by atoms with Crippen molar-refractivity contribution >= 4 is 28.4 Å². The van der Waals surface area contributed by atoms with Crippen LogP contribution in [0.1, 0.15) is 21.9 Å². The van der Waals surface area contributed by atoms with Crippen molar-refractivity contribution in [2.75, 3.05) is 11.1 Å². The number of aromatic carboxylic acids is 1. The lowest BCUT2D eigenvalue weighted by molar-refractivity contribution is -0.137. The number of anilines is 1. The van der Waals surface area contributed by atoms with Crippen molar-refractivity contribution < 1.29 is 36.5 Å². The van der Waals surface area contributed by atoms with Gasteiger partial charge in [-0.25, -0.2) is 4.79 Å². The topological polar surface area (TPSA) is 96.6 Å². The number of carboxylic acids is 1. The lowest BCUT2D eigenvalue weighted by Gasteiger charge is -2.09. The lowest BCUT2D eigenvalue weighted by Crippen LogP contribution is -2.20. The molecule has 1 unspecified atom stereocenters. The number of benzene rings is 1. The summed E-state index contributed by atoms with van der Waals surface area (Å²) in [4.78, 5) is 22.4. The predicted molar refractivity (Wildman–Crippen MR) is 82.5 cm³/mol. The van der Waals surface area contributed by atoms with E-state index in [0.29, 0.717) is 0 Å². The van der Waals surface area contributed by atoms with Gasteiger partial charge in [0.25, 0.3) is 0 Å². The molecular formula is C15H12F3NO5S. The van der Waals surface area contributed by atoms with E-state index in [1.165, 1.54) is 18.2 Å². The van der Waals surface area contributed by atoms with Crippen LogP contribution in [0.5, 0.6) is 0 Å². The number of amides is 1. The Labute approximate surface area is 142 Å². The van der Waals surface area contributed by atoms with Gasteiger partial charge in [0, 0.05) is 16.5 Å². The number of rotatable bonds is 6. The van der Waals surface area contributed by atoms with Crippen LogP contribution in [0, 0.1) is 0 Å². The average Bonchev–Trinajstić information content (AvgIpc) is 2.95. The molecule has 134 valence electrons. The largest absolute Gasteiger partial charge is 0.475 e. The van der Waals surface area contributed by atoms with Crippen LogP contribution in [0.4, 0.5) is 18.9 Å². The molecule has 1 aromatic carbocycles. The van der Waals surface area contributed by atoms with Crippen molar-refractivity contribution in [3.05, 3.63) is 53.5 Å².